The van der Waals surface area contributed by atoms with Crippen molar-refractivity contribution in [1.29, 1.82) is 0 Å². The molecule has 2 N–H and O–H groups in total. The van der Waals surface area contributed by atoms with Gasteiger partial charge in [-0.1, -0.05) is 0 Å². The molecule has 2 rings (SSSR count). The van der Waals surface area contributed by atoms with Gasteiger partial charge in [-0.15, -0.1) is 0 Å². The van der Waals surface area contributed by atoms with Crippen LogP contribution in [0.1, 0.15) is 40.0 Å². The number of nitrogens with zero attached hydrogens (tertiary/aromatic N) is 1. The third-order valence-electron chi connectivity index (χ3n) is 4.07. The van der Waals surface area contributed by atoms with E-state index in [1.807, 2.05) is 25.7 Å². The lowest BCUT2D eigenvalue weighted by molar-refractivity contribution is 0.147. The molecule has 2 saturated heterocycles. The number of rotatable bonds is 1. The van der Waals surface area contributed by atoms with Gasteiger partial charge >= 0.3 is 6.03 Å². The zero-order valence-corrected chi connectivity index (χ0v) is 12.0. The number of carbonyl (C=O) groups is 1. The van der Waals surface area contributed by atoms with Crippen molar-refractivity contribution < 1.29 is 4.79 Å². The summed E-state index contributed by atoms with van der Waals surface area (Å²) >= 11 is 0. The maximum absolute atomic E-state index is 12.0. The average molecular weight is 253 g/mol. The summed E-state index contributed by atoms with van der Waals surface area (Å²) in [5, 5.41) is 6.49. The summed E-state index contributed by atoms with van der Waals surface area (Å²) in [5.74, 6) is 1.66. The second kappa shape index (κ2) is 5.47. The maximum Gasteiger partial charge on any atom is 0.317 e. The van der Waals surface area contributed by atoms with E-state index >= 15 is 0 Å². The molecule has 4 nitrogen and oxygen atoms in total. The Bertz CT molecular complexity index is 284. The van der Waals surface area contributed by atoms with E-state index in [0.717, 1.165) is 24.9 Å². The highest BCUT2D eigenvalue weighted by Crippen LogP contribution is 2.28. The Kier molecular flexibility index (Phi) is 4.15. The standard InChI is InChI=1S/C14H27N3O/c1-14(2,3)16-13(18)17-8-5-11(6-9-17)12-4-7-15-10-12/h11-12,15H,4-10H2,1-3H3,(H,16,18)/t12-/m0/s1. The van der Waals surface area contributed by atoms with E-state index in [4.69, 9.17) is 0 Å². The van der Waals surface area contributed by atoms with E-state index < -0.39 is 0 Å². The average Bonchev–Trinajstić information content (AvgIpc) is 2.80. The summed E-state index contributed by atoms with van der Waals surface area (Å²) in [6.07, 6.45) is 3.66. The van der Waals surface area contributed by atoms with Gasteiger partial charge < -0.3 is 15.5 Å². The van der Waals surface area contributed by atoms with E-state index in [0.29, 0.717) is 0 Å². The quantitative estimate of drug-likeness (QED) is 0.748. The Morgan fingerprint density at radius 1 is 1.17 bits per heavy atom. The number of likely N-dealkylation sites (tertiary alicyclic amines) is 1. The van der Waals surface area contributed by atoms with Gasteiger partial charge in [0, 0.05) is 18.6 Å². The molecule has 0 unspecified atom stereocenters. The van der Waals surface area contributed by atoms with Gasteiger partial charge in [0.25, 0.3) is 0 Å². The highest BCUT2D eigenvalue weighted by Gasteiger charge is 2.30. The summed E-state index contributed by atoms with van der Waals surface area (Å²) in [6, 6.07) is 0.102. The van der Waals surface area contributed by atoms with E-state index in [1.165, 1.54) is 32.4 Å². The fourth-order valence-electron chi connectivity index (χ4n) is 3.05. The Labute approximate surface area is 110 Å². The first-order valence-electron chi connectivity index (χ1n) is 7.23. The fourth-order valence-corrected chi connectivity index (χ4v) is 3.05. The molecule has 0 aromatic heterocycles. The van der Waals surface area contributed by atoms with Crippen LogP contribution in [-0.4, -0.2) is 42.6 Å². The first-order chi connectivity index (χ1) is 8.46. The fraction of sp³-hybridized carbons (Fsp3) is 0.929. The minimum Gasteiger partial charge on any atom is -0.333 e. The third-order valence-corrected chi connectivity index (χ3v) is 4.07. The van der Waals surface area contributed by atoms with Crippen LogP contribution in [0.5, 0.6) is 0 Å². The summed E-state index contributed by atoms with van der Waals surface area (Å²) in [6.45, 7) is 10.3. The van der Waals surface area contributed by atoms with Crippen LogP contribution in [0.15, 0.2) is 0 Å². The number of carbonyl (C=O) groups excluding carboxylic acids is 1. The van der Waals surface area contributed by atoms with Crippen molar-refractivity contribution in [1.82, 2.24) is 15.5 Å². The van der Waals surface area contributed by atoms with Crippen LogP contribution in [0.4, 0.5) is 4.79 Å². The molecule has 2 aliphatic rings. The van der Waals surface area contributed by atoms with Crippen molar-refractivity contribution in [2.24, 2.45) is 11.8 Å². The van der Waals surface area contributed by atoms with Crippen LogP contribution in [0, 0.1) is 11.8 Å². The van der Waals surface area contributed by atoms with Gasteiger partial charge in [0.2, 0.25) is 0 Å². The maximum atomic E-state index is 12.0. The second-order valence-electron chi connectivity index (χ2n) is 6.76. The van der Waals surface area contributed by atoms with Crippen molar-refractivity contribution in [3.05, 3.63) is 0 Å². The first-order valence-corrected chi connectivity index (χ1v) is 7.23. The van der Waals surface area contributed by atoms with Gasteiger partial charge in [0.1, 0.15) is 0 Å². The van der Waals surface area contributed by atoms with Crippen molar-refractivity contribution in [3.63, 3.8) is 0 Å². The van der Waals surface area contributed by atoms with Crippen LogP contribution in [-0.2, 0) is 0 Å². The molecule has 18 heavy (non-hydrogen) atoms. The summed E-state index contributed by atoms with van der Waals surface area (Å²) in [5.41, 5.74) is -0.136. The number of piperidine rings is 1. The third kappa shape index (κ3) is 3.61. The molecule has 2 fully saturated rings. The normalized spacial score (nSPS) is 26.4. The Morgan fingerprint density at radius 3 is 2.33 bits per heavy atom. The van der Waals surface area contributed by atoms with Gasteiger partial charge in [-0.2, -0.15) is 0 Å². The van der Waals surface area contributed by atoms with E-state index in [1.54, 1.807) is 0 Å². The number of nitrogens with one attached hydrogen (secondary N) is 2. The topological polar surface area (TPSA) is 44.4 Å². The minimum absolute atomic E-state index is 0.102. The van der Waals surface area contributed by atoms with Crippen molar-refractivity contribution in [2.45, 2.75) is 45.6 Å². The Balaban J connectivity index is 1.77. The molecule has 0 spiro atoms. The van der Waals surface area contributed by atoms with Crippen molar-refractivity contribution >= 4 is 6.03 Å². The van der Waals surface area contributed by atoms with Gasteiger partial charge in [0.15, 0.2) is 0 Å². The molecule has 0 aromatic rings. The highest BCUT2D eigenvalue weighted by molar-refractivity contribution is 5.75. The summed E-state index contributed by atoms with van der Waals surface area (Å²) in [4.78, 5) is 14.0. The summed E-state index contributed by atoms with van der Waals surface area (Å²) in [7, 11) is 0. The van der Waals surface area contributed by atoms with Gasteiger partial charge in [0.05, 0.1) is 0 Å². The monoisotopic (exact) mass is 253 g/mol. The first kappa shape index (κ1) is 13.7. The molecule has 2 amide bonds. The lowest BCUT2D eigenvalue weighted by Crippen LogP contribution is -2.51. The second-order valence-corrected chi connectivity index (χ2v) is 6.76. The van der Waals surface area contributed by atoms with E-state index in [9.17, 15) is 4.79 Å². The molecule has 0 aliphatic carbocycles. The Morgan fingerprint density at radius 2 is 1.83 bits per heavy atom. The van der Waals surface area contributed by atoms with Crippen LogP contribution in [0.2, 0.25) is 0 Å². The zero-order valence-electron chi connectivity index (χ0n) is 12.0. The van der Waals surface area contributed by atoms with E-state index in [-0.39, 0.29) is 11.6 Å². The molecule has 4 heteroatoms. The van der Waals surface area contributed by atoms with Crippen molar-refractivity contribution in [3.8, 4) is 0 Å². The number of urea groups is 1. The number of hydrogen-bond donors (Lipinski definition) is 2. The molecule has 0 saturated carbocycles. The molecule has 0 radical (unpaired) electrons. The minimum atomic E-state index is -0.136. The molecular formula is C14H27N3O. The zero-order chi connectivity index (χ0) is 13.2. The molecule has 2 aliphatic heterocycles. The predicted octanol–water partition coefficient (Wildman–Crippen LogP) is 1.82. The molecule has 0 bridgehead atoms. The molecule has 104 valence electrons. The summed E-state index contributed by atoms with van der Waals surface area (Å²) < 4.78 is 0. The lowest BCUT2D eigenvalue weighted by atomic mass is 9.84. The highest BCUT2D eigenvalue weighted by atomic mass is 16.2. The molecule has 0 aromatic carbocycles. The van der Waals surface area contributed by atoms with Crippen LogP contribution >= 0.6 is 0 Å². The van der Waals surface area contributed by atoms with Crippen LogP contribution in [0.25, 0.3) is 0 Å². The number of amides is 2. The SMILES string of the molecule is CC(C)(C)NC(=O)N1CCC([C@H]2CCNC2)CC1. The lowest BCUT2D eigenvalue weighted by Gasteiger charge is -2.36. The van der Waals surface area contributed by atoms with Gasteiger partial charge in [-0.05, 0) is 65.0 Å². The van der Waals surface area contributed by atoms with Gasteiger partial charge in [-0.3, -0.25) is 0 Å². The molecular weight excluding hydrogens is 226 g/mol. The predicted molar refractivity (Wildman–Crippen MR) is 73.6 cm³/mol. The van der Waals surface area contributed by atoms with Crippen molar-refractivity contribution in [2.75, 3.05) is 26.2 Å². The largest absolute Gasteiger partial charge is 0.333 e. The van der Waals surface area contributed by atoms with E-state index in [2.05, 4.69) is 10.6 Å². The smallest absolute Gasteiger partial charge is 0.317 e. The number of hydrogen-bond acceptors (Lipinski definition) is 2. The molecule has 1 atom stereocenters. The van der Waals surface area contributed by atoms with Crippen LogP contribution < -0.4 is 10.6 Å². The van der Waals surface area contributed by atoms with Crippen LogP contribution in [0.3, 0.4) is 0 Å². The Hall–Kier alpha value is -0.770. The van der Waals surface area contributed by atoms with Gasteiger partial charge in [-0.25, -0.2) is 4.79 Å². The molecule has 2 heterocycles.